The highest BCUT2D eigenvalue weighted by Gasteiger charge is 2.30. The molecule has 14 heteroatoms. The molecule has 2 saturated carbocycles. The number of hydrogen-bond acceptors (Lipinski definition) is 11. The lowest BCUT2D eigenvalue weighted by molar-refractivity contribution is -0.384. The van der Waals surface area contributed by atoms with Crippen LogP contribution >= 0.6 is 0 Å². The molecule has 2 aliphatic rings. The van der Waals surface area contributed by atoms with Crippen LogP contribution in [0.3, 0.4) is 0 Å². The van der Waals surface area contributed by atoms with Gasteiger partial charge in [0.25, 0.3) is 5.69 Å². The molecular formula is C41H41NO11S2. The molecule has 0 amide bonds. The molecule has 0 radical (unpaired) electrons. The summed E-state index contributed by atoms with van der Waals surface area (Å²) in [5, 5.41) is 19.7. The first-order valence-corrected chi connectivity index (χ1v) is 20.5. The quantitative estimate of drug-likeness (QED) is 0.0494. The van der Waals surface area contributed by atoms with Gasteiger partial charge in [0.15, 0.2) is 19.7 Å². The van der Waals surface area contributed by atoms with E-state index in [0.717, 1.165) is 31.2 Å². The number of esters is 1. The molecule has 5 aromatic carbocycles. The summed E-state index contributed by atoms with van der Waals surface area (Å²) in [6.45, 7) is -0.00612. The molecule has 0 saturated heterocycles. The molecule has 55 heavy (non-hydrogen) atoms. The lowest BCUT2D eigenvalue weighted by Crippen LogP contribution is -2.08. The number of sulfone groups is 2. The van der Waals surface area contributed by atoms with Gasteiger partial charge in [-0.2, -0.15) is 0 Å². The van der Waals surface area contributed by atoms with Gasteiger partial charge in [-0.15, -0.1) is 0 Å². The van der Waals surface area contributed by atoms with Gasteiger partial charge < -0.3 is 19.3 Å². The first-order chi connectivity index (χ1) is 25.9. The largest absolute Gasteiger partial charge is 0.457 e. The Labute approximate surface area is 320 Å². The number of non-ortho nitro benzene ring substituents is 1. The Balaban J connectivity index is 0.000000221. The smallest absolute Gasteiger partial charge is 0.343 e. The van der Waals surface area contributed by atoms with E-state index >= 15 is 0 Å². The molecule has 288 valence electrons. The average molecular weight is 788 g/mol. The lowest BCUT2D eigenvalue weighted by Gasteiger charge is -2.09. The standard InChI is InChI=1S/C23H19NO7S.C17H18O4S.CH4/c25-23(17-3-5-18(6-4-17)24(26)27)31-21-9-7-19(8-10-21)30-20-11-13-22(14-12-20)32(28,29)15-16-1-2-16;18-11-13-3-5-15(6-4-13)21-16-7-9-17(10-8-16)22(19,20)12-14-1-2-14;/h3-14,16H,1-2,15H2;3-10,14,18H,1-2,11-12H2;1H4. The van der Waals surface area contributed by atoms with Crippen molar-refractivity contribution in [1.29, 1.82) is 0 Å². The van der Waals surface area contributed by atoms with Crippen molar-refractivity contribution < 1.29 is 45.9 Å². The number of rotatable bonds is 14. The average Bonchev–Trinajstić information content (AvgIpc) is 4.12. The van der Waals surface area contributed by atoms with E-state index in [0.29, 0.717) is 33.8 Å². The number of nitrogens with zero attached hydrogens (tertiary/aromatic N) is 1. The summed E-state index contributed by atoms with van der Waals surface area (Å²) < 4.78 is 65.6. The zero-order valence-corrected chi connectivity index (χ0v) is 30.6. The van der Waals surface area contributed by atoms with Gasteiger partial charge in [-0.25, -0.2) is 21.6 Å². The van der Waals surface area contributed by atoms with Crippen LogP contribution in [0.5, 0.6) is 28.7 Å². The number of ether oxygens (including phenoxy) is 3. The highest BCUT2D eigenvalue weighted by Crippen LogP contribution is 2.34. The van der Waals surface area contributed by atoms with Gasteiger partial charge >= 0.3 is 5.97 Å². The van der Waals surface area contributed by atoms with Crippen LogP contribution in [0.15, 0.2) is 131 Å². The predicted octanol–water partition coefficient (Wildman–Crippen LogP) is 8.58. The first kappa shape index (κ1) is 40.6. The van der Waals surface area contributed by atoms with Crippen LogP contribution in [0.2, 0.25) is 0 Å². The van der Waals surface area contributed by atoms with E-state index in [1.54, 1.807) is 84.9 Å². The summed E-state index contributed by atoms with van der Waals surface area (Å²) in [4.78, 5) is 23.0. The molecule has 0 heterocycles. The number of nitro benzene ring substituents is 1. The topological polar surface area (TPSA) is 176 Å². The molecule has 0 aliphatic heterocycles. The van der Waals surface area contributed by atoms with Crippen molar-refractivity contribution in [3.8, 4) is 28.7 Å². The Bertz CT molecular complexity index is 2290. The Kier molecular flexibility index (Phi) is 13.1. The van der Waals surface area contributed by atoms with E-state index in [-0.39, 0.29) is 53.4 Å². The summed E-state index contributed by atoms with van der Waals surface area (Å²) in [6.07, 6.45) is 3.98. The van der Waals surface area contributed by atoms with Gasteiger partial charge in [0.2, 0.25) is 0 Å². The monoisotopic (exact) mass is 787 g/mol. The minimum Gasteiger partial charge on any atom is -0.457 e. The third-order valence-corrected chi connectivity index (χ3v) is 12.4. The summed E-state index contributed by atoms with van der Waals surface area (Å²) in [5.41, 5.74) is 0.887. The maximum Gasteiger partial charge on any atom is 0.343 e. The van der Waals surface area contributed by atoms with Gasteiger partial charge in [0, 0.05) is 12.1 Å². The van der Waals surface area contributed by atoms with Gasteiger partial charge in [-0.3, -0.25) is 10.1 Å². The Hall–Kier alpha value is -5.57. The fourth-order valence-corrected chi connectivity index (χ4v) is 8.60. The van der Waals surface area contributed by atoms with Crippen molar-refractivity contribution in [2.45, 2.75) is 49.5 Å². The van der Waals surface area contributed by atoms with Gasteiger partial charge in [0.05, 0.1) is 38.4 Å². The molecule has 0 atom stereocenters. The number of hydrogen-bond donors (Lipinski definition) is 1. The number of nitro groups is 1. The van der Waals surface area contributed by atoms with Crippen LogP contribution in [-0.2, 0) is 26.3 Å². The molecular weight excluding hydrogens is 747 g/mol. The van der Waals surface area contributed by atoms with Crippen molar-refractivity contribution in [3.63, 3.8) is 0 Å². The molecule has 0 spiro atoms. The molecule has 1 N–H and O–H groups in total. The van der Waals surface area contributed by atoms with Crippen LogP contribution in [0.1, 0.15) is 49.0 Å². The van der Waals surface area contributed by atoms with Crippen LogP contribution < -0.4 is 14.2 Å². The molecule has 0 unspecified atom stereocenters. The molecule has 5 aromatic rings. The fourth-order valence-electron chi connectivity index (χ4n) is 5.21. The number of benzene rings is 5. The Morgan fingerprint density at radius 2 is 0.964 bits per heavy atom. The van der Waals surface area contributed by atoms with E-state index in [9.17, 15) is 31.7 Å². The van der Waals surface area contributed by atoms with E-state index in [4.69, 9.17) is 19.3 Å². The van der Waals surface area contributed by atoms with Crippen LogP contribution in [0, 0.1) is 22.0 Å². The van der Waals surface area contributed by atoms with Crippen molar-refractivity contribution in [2.75, 3.05) is 11.5 Å². The summed E-state index contributed by atoms with van der Waals surface area (Å²) in [6, 6.07) is 31.3. The second-order valence-corrected chi connectivity index (χ2v) is 17.1. The van der Waals surface area contributed by atoms with Gasteiger partial charge in [-0.05, 0) is 140 Å². The van der Waals surface area contributed by atoms with Crippen molar-refractivity contribution in [1.82, 2.24) is 0 Å². The summed E-state index contributed by atoms with van der Waals surface area (Å²) in [5.74, 6) is 2.88. The van der Waals surface area contributed by atoms with E-state index in [1.165, 1.54) is 36.4 Å². The minimum absolute atomic E-state index is 0. The number of aliphatic hydroxyl groups is 1. The fraction of sp³-hybridized carbons (Fsp3) is 0.244. The lowest BCUT2D eigenvalue weighted by atomic mass is 10.2. The van der Waals surface area contributed by atoms with Crippen LogP contribution in [0.4, 0.5) is 5.69 Å². The van der Waals surface area contributed by atoms with Crippen molar-refractivity contribution in [3.05, 3.63) is 143 Å². The molecule has 12 nitrogen and oxygen atoms in total. The zero-order valence-electron chi connectivity index (χ0n) is 28.9. The highest BCUT2D eigenvalue weighted by atomic mass is 32.2. The zero-order chi connectivity index (χ0) is 38.3. The second-order valence-electron chi connectivity index (χ2n) is 13.1. The number of carbonyl (C=O) groups is 1. The molecule has 0 bridgehead atoms. The molecule has 7 rings (SSSR count). The molecule has 0 aromatic heterocycles. The highest BCUT2D eigenvalue weighted by molar-refractivity contribution is 7.91. The Morgan fingerprint density at radius 1 is 0.600 bits per heavy atom. The maximum absolute atomic E-state index is 12.3. The first-order valence-electron chi connectivity index (χ1n) is 17.1. The second kappa shape index (κ2) is 17.7. The molecule has 2 aliphatic carbocycles. The van der Waals surface area contributed by atoms with Gasteiger partial charge in [0.1, 0.15) is 28.7 Å². The van der Waals surface area contributed by atoms with Crippen molar-refractivity contribution in [2.24, 2.45) is 11.8 Å². The third kappa shape index (κ3) is 11.7. The minimum atomic E-state index is -3.27. The van der Waals surface area contributed by atoms with E-state index in [1.807, 2.05) is 0 Å². The van der Waals surface area contributed by atoms with E-state index < -0.39 is 30.6 Å². The van der Waals surface area contributed by atoms with E-state index in [2.05, 4.69) is 0 Å². The SMILES string of the molecule is C.O=C(Oc1ccc(Oc2ccc(S(=O)(=O)CC3CC3)cc2)cc1)c1ccc([N+](=O)[O-])cc1.O=S(=O)(CC1CC1)c1ccc(Oc2ccc(CO)cc2)cc1. The maximum atomic E-state index is 12.3. The third-order valence-electron chi connectivity index (χ3n) is 8.60. The molecule has 2 fully saturated rings. The van der Waals surface area contributed by atoms with Crippen molar-refractivity contribution >= 4 is 31.3 Å². The Morgan fingerprint density at radius 3 is 1.33 bits per heavy atom. The summed E-state index contributed by atoms with van der Waals surface area (Å²) >= 11 is 0. The van der Waals surface area contributed by atoms with Crippen LogP contribution in [0.25, 0.3) is 0 Å². The van der Waals surface area contributed by atoms with Crippen LogP contribution in [-0.4, -0.2) is 44.3 Å². The predicted molar refractivity (Wildman–Crippen MR) is 206 cm³/mol. The normalized spacial score (nSPS) is 13.7. The summed E-state index contributed by atoms with van der Waals surface area (Å²) in [7, 11) is -6.45. The van der Waals surface area contributed by atoms with Gasteiger partial charge in [-0.1, -0.05) is 19.6 Å². The number of aliphatic hydroxyl groups excluding tert-OH is 1. The number of carbonyl (C=O) groups excluding carboxylic acids is 1.